The molecule has 3 rings (SSSR count). The van der Waals surface area contributed by atoms with Gasteiger partial charge in [-0.05, 0) is 19.3 Å². The summed E-state index contributed by atoms with van der Waals surface area (Å²) in [6.45, 7) is 2.89. The minimum Gasteiger partial charge on any atom is -1.00 e. The molecule has 2 N–H and O–H groups in total. The highest BCUT2D eigenvalue weighted by molar-refractivity contribution is 5.70. The van der Waals surface area contributed by atoms with Crippen LogP contribution in [0.2, 0.25) is 0 Å². The summed E-state index contributed by atoms with van der Waals surface area (Å²) in [5, 5.41) is 0. The van der Waals surface area contributed by atoms with E-state index in [2.05, 4.69) is 7.05 Å². The predicted molar refractivity (Wildman–Crippen MR) is 72.2 cm³/mol. The quantitative estimate of drug-likeness (QED) is 0.502. The van der Waals surface area contributed by atoms with Crippen LogP contribution in [0.1, 0.15) is 44.9 Å². The molecular formula is C15H28Cl2N2O2. The Morgan fingerprint density at radius 3 is 2.19 bits per heavy atom. The molecule has 0 saturated carbocycles. The summed E-state index contributed by atoms with van der Waals surface area (Å²) < 4.78 is 5.75. The highest BCUT2D eigenvalue weighted by atomic mass is 35.5. The van der Waals surface area contributed by atoms with Crippen LogP contribution in [0.4, 0.5) is 0 Å². The highest BCUT2D eigenvalue weighted by Crippen LogP contribution is 2.24. The summed E-state index contributed by atoms with van der Waals surface area (Å²) >= 11 is 0. The second-order valence-corrected chi connectivity index (χ2v) is 6.79. The number of halogens is 2. The van der Waals surface area contributed by atoms with E-state index in [0.717, 1.165) is 38.0 Å². The summed E-state index contributed by atoms with van der Waals surface area (Å²) in [6, 6.07) is 1.47. The fraction of sp³-hybridized carbons (Fsp3) is 0.933. The van der Waals surface area contributed by atoms with E-state index in [-0.39, 0.29) is 36.9 Å². The number of hydrogen-bond donors (Lipinski definition) is 2. The van der Waals surface area contributed by atoms with E-state index in [4.69, 9.17) is 4.74 Å². The molecule has 6 heteroatoms. The minimum atomic E-state index is 0. The zero-order valence-electron chi connectivity index (χ0n) is 12.9. The number of nitrogens with one attached hydrogen (secondary N) is 2. The first-order valence-corrected chi connectivity index (χ1v) is 8.09. The van der Waals surface area contributed by atoms with E-state index in [9.17, 15) is 4.79 Å². The van der Waals surface area contributed by atoms with E-state index >= 15 is 0 Å². The molecule has 3 aliphatic heterocycles. The van der Waals surface area contributed by atoms with Gasteiger partial charge in [-0.3, -0.25) is 0 Å². The molecule has 4 nitrogen and oxygen atoms in total. The second kappa shape index (κ2) is 8.56. The Morgan fingerprint density at radius 2 is 1.62 bits per heavy atom. The van der Waals surface area contributed by atoms with E-state index in [0.29, 0.717) is 6.54 Å². The highest BCUT2D eigenvalue weighted by Gasteiger charge is 2.43. The normalized spacial score (nSPS) is 35.5. The maximum absolute atomic E-state index is 12.0. The number of hydrogen-bond acceptors (Lipinski definition) is 2. The number of likely N-dealkylation sites (tertiary alicyclic amines) is 1. The predicted octanol–water partition coefficient (Wildman–Crippen LogP) is -7.19. The molecule has 0 spiro atoms. The van der Waals surface area contributed by atoms with Gasteiger partial charge in [0, 0.05) is 25.7 Å². The number of carbonyl (C=O) groups excluding carboxylic acids is 1. The number of carbonyl (C=O) groups is 1. The molecule has 3 fully saturated rings. The van der Waals surface area contributed by atoms with Crippen LogP contribution in [0.5, 0.6) is 0 Å². The average molecular weight is 339 g/mol. The van der Waals surface area contributed by atoms with Crippen molar-refractivity contribution in [2.75, 3.05) is 26.7 Å². The van der Waals surface area contributed by atoms with E-state index in [1.54, 1.807) is 4.90 Å². The number of esters is 1. The molecule has 0 radical (unpaired) electrons. The van der Waals surface area contributed by atoms with E-state index in [1.165, 1.54) is 37.0 Å². The Labute approximate surface area is 140 Å². The van der Waals surface area contributed by atoms with Crippen LogP contribution < -0.4 is 34.6 Å². The third-order valence-corrected chi connectivity index (χ3v) is 5.50. The van der Waals surface area contributed by atoms with E-state index in [1.807, 2.05) is 0 Å². The maximum atomic E-state index is 12.0. The third-order valence-electron chi connectivity index (χ3n) is 5.50. The first kappa shape index (κ1) is 19.0. The van der Waals surface area contributed by atoms with Crippen molar-refractivity contribution in [2.45, 2.75) is 63.1 Å². The Kier molecular flexibility index (Phi) is 7.75. The molecule has 21 heavy (non-hydrogen) atoms. The van der Waals surface area contributed by atoms with Crippen molar-refractivity contribution >= 4 is 5.97 Å². The first-order valence-electron chi connectivity index (χ1n) is 8.09. The molecule has 0 amide bonds. The van der Waals surface area contributed by atoms with Gasteiger partial charge in [-0.2, -0.15) is 0 Å². The van der Waals surface area contributed by atoms with Crippen molar-refractivity contribution in [3.63, 3.8) is 0 Å². The van der Waals surface area contributed by atoms with Crippen molar-refractivity contribution < 1.29 is 44.1 Å². The third kappa shape index (κ3) is 4.72. The monoisotopic (exact) mass is 338 g/mol. The van der Waals surface area contributed by atoms with Crippen LogP contribution in [-0.2, 0) is 9.53 Å². The average Bonchev–Trinajstić information content (AvgIpc) is 2.63. The number of ether oxygens (including phenoxy) is 1. The van der Waals surface area contributed by atoms with Gasteiger partial charge >= 0.3 is 5.97 Å². The van der Waals surface area contributed by atoms with Gasteiger partial charge in [0.15, 0.2) is 6.54 Å². The summed E-state index contributed by atoms with van der Waals surface area (Å²) in [7, 11) is 2.30. The molecule has 0 aliphatic carbocycles. The Hall–Kier alpha value is -0.0300. The van der Waals surface area contributed by atoms with Crippen molar-refractivity contribution in [2.24, 2.45) is 0 Å². The summed E-state index contributed by atoms with van der Waals surface area (Å²) in [6.07, 6.45) is 8.89. The van der Waals surface area contributed by atoms with E-state index < -0.39 is 0 Å². The number of rotatable bonds is 3. The van der Waals surface area contributed by atoms with Gasteiger partial charge in [0.1, 0.15) is 6.10 Å². The summed E-state index contributed by atoms with van der Waals surface area (Å²) in [5.74, 6) is 0.0425. The largest absolute Gasteiger partial charge is 1.00 e. The molecule has 2 unspecified atom stereocenters. The van der Waals surface area contributed by atoms with Crippen molar-refractivity contribution in [1.82, 2.24) is 0 Å². The molecule has 0 aromatic carbocycles. The topological polar surface area (TPSA) is 35.2 Å². The van der Waals surface area contributed by atoms with Gasteiger partial charge in [-0.25, -0.2) is 4.79 Å². The lowest BCUT2D eigenvalue weighted by atomic mass is 10.0. The van der Waals surface area contributed by atoms with Crippen LogP contribution in [0.15, 0.2) is 0 Å². The van der Waals surface area contributed by atoms with Crippen molar-refractivity contribution in [1.29, 1.82) is 0 Å². The fourth-order valence-corrected chi connectivity index (χ4v) is 4.29. The second-order valence-electron chi connectivity index (χ2n) is 6.79. The zero-order chi connectivity index (χ0) is 13.2. The van der Waals surface area contributed by atoms with Gasteiger partial charge in [-0.15, -0.1) is 0 Å². The van der Waals surface area contributed by atoms with Crippen LogP contribution in [0.3, 0.4) is 0 Å². The Morgan fingerprint density at radius 1 is 1.05 bits per heavy atom. The molecule has 2 atom stereocenters. The molecule has 3 aliphatic rings. The lowest BCUT2D eigenvalue weighted by Crippen LogP contribution is -3.15. The lowest BCUT2D eigenvalue weighted by molar-refractivity contribution is -0.923. The van der Waals surface area contributed by atoms with Gasteiger partial charge in [-0.1, -0.05) is 0 Å². The van der Waals surface area contributed by atoms with Gasteiger partial charge in [0.25, 0.3) is 0 Å². The summed E-state index contributed by atoms with van der Waals surface area (Å²) in [4.78, 5) is 15.1. The maximum Gasteiger partial charge on any atom is 0.361 e. The fourth-order valence-electron chi connectivity index (χ4n) is 4.29. The molecule has 124 valence electrons. The number of fused-ring (bicyclic) bond motifs is 2. The number of piperidine rings is 2. The van der Waals surface area contributed by atoms with Gasteiger partial charge in [0.05, 0.1) is 32.2 Å². The van der Waals surface area contributed by atoms with Gasteiger partial charge < -0.3 is 39.4 Å². The van der Waals surface area contributed by atoms with Crippen LogP contribution in [0.25, 0.3) is 0 Å². The Bertz CT molecular complexity index is 324. The molecule has 0 aromatic rings. The zero-order valence-corrected chi connectivity index (χ0v) is 14.4. The molecule has 3 saturated heterocycles. The van der Waals surface area contributed by atoms with Crippen LogP contribution >= 0.6 is 0 Å². The SMILES string of the molecule is C[NH+]1C2CCC1CC(OC(=O)C[NH+]1CCCCC1)C2.[Cl-].[Cl-]. The van der Waals surface area contributed by atoms with Crippen molar-refractivity contribution in [3.05, 3.63) is 0 Å². The van der Waals surface area contributed by atoms with Gasteiger partial charge in [0.2, 0.25) is 0 Å². The molecular weight excluding hydrogens is 311 g/mol. The minimum absolute atomic E-state index is 0. The molecule has 0 aromatic heterocycles. The number of quaternary nitrogens is 2. The lowest BCUT2D eigenvalue weighted by Gasteiger charge is -2.33. The Balaban J connectivity index is 0.00000110. The molecule has 3 heterocycles. The molecule has 2 bridgehead atoms. The smallest absolute Gasteiger partial charge is 0.361 e. The first-order chi connectivity index (χ1) is 9.22. The standard InChI is InChI=1S/C15H26N2O2.2ClH/c1-16-12-5-6-13(16)10-14(9-12)19-15(18)11-17-7-3-2-4-8-17;;/h12-14H,2-11H2,1H3;2*1H. The van der Waals surface area contributed by atoms with Crippen LogP contribution in [-0.4, -0.2) is 50.8 Å². The van der Waals surface area contributed by atoms with Crippen molar-refractivity contribution in [3.8, 4) is 0 Å². The summed E-state index contributed by atoms with van der Waals surface area (Å²) in [5.41, 5.74) is 0. The van der Waals surface area contributed by atoms with Crippen LogP contribution in [0, 0.1) is 0 Å².